The topological polar surface area (TPSA) is 3.24 Å². The fourth-order valence-corrected chi connectivity index (χ4v) is 10.6. The highest BCUT2D eigenvalue weighted by Crippen LogP contribution is 2.47. The normalized spacial score (nSPS) is 11.5. The first-order valence-electron chi connectivity index (χ1n) is 19.3. The second-order valence-electron chi connectivity index (χ2n) is 14.5. The summed E-state index contributed by atoms with van der Waals surface area (Å²) in [6.45, 7) is 0. The summed E-state index contributed by atoms with van der Waals surface area (Å²) in [6.07, 6.45) is 0. The van der Waals surface area contributed by atoms with Crippen molar-refractivity contribution in [2.24, 2.45) is 0 Å². The molecule has 1 nitrogen and oxygen atoms in total. The van der Waals surface area contributed by atoms with Crippen LogP contribution in [-0.4, -0.2) is 0 Å². The third-order valence-electron chi connectivity index (χ3n) is 11.1. The first-order valence-corrected chi connectivity index (χ1v) is 21.0. The molecule has 0 radical (unpaired) electrons. The van der Waals surface area contributed by atoms with Crippen LogP contribution >= 0.6 is 22.7 Å². The van der Waals surface area contributed by atoms with E-state index in [0.29, 0.717) is 0 Å². The van der Waals surface area contributed by atoms with Crippen LogP contribution in [0, 0.1) is 0 Å². The highest BCUT2D eigenvalue weighted by molar-refractivity contribution is 7.26. The van der Waals surface area contributed by atoms with Crippen molar-refractivity contribution in [2.75, 3.05) is 4.90 Å². The van der Waals surface area contributed by atoms with Crippen molar-refractivity contribution in [3.8, 4) is 44.5 Å². The predicted octanol–water partition coefficient (Wildman–Crippen LogP) is 16.6. The Morgan fingerprint density at radius 2 is 0.789 bits per heavy atom. The monoisotopic (exact) mass is 761 g/mol. The number of rotatable bonds is 7. The summed E-state index contributed by atoms with van der Waals surface area (Å²) in [5, 5.41) is 5.20. The van der Waals surface area contributed by atoms with Gasteiger partial charge in [0.05, 0.1) is 10.4 Å². The lowest BCUT2D eigenvalue weighted by molar-refractivity contribution is 1.30. The van der Waals surface area contributed by atoms with Crippen molar-refractivity contribution in [3.63, 3.8) is 0 Å². The van der Waals surface area contributed by atoms with E-state index in [9.17, 15) is 0 Å². The van der Waals surface area contributed by atoms with E-state index in [1.807, 2.05) is 22.7 Å². The van der Waals surface area contributed by atoms with Gasteiger partial charge < -0.3 is 4.90 Å². The fraction of sp³-hybridized carbons (Fsp3) is 0. The number of anilines is 3. The maximum Gasteiger partial charge on any atom is 0.0640 e. The quantitative estimate of drug-likeness (QED) is 0.156. The number of fused-ring (bicyclic) bond motifs is 6. The molecule has 57 heavy (non-hydrogen) atoms. The number of benzene rings is 9. The van der Waals surface area contributed by atoms with E-state index in [1.165, 1.54) is 90.5 Å². The molecule has 0 saturated heterocycles. The Balaban J connectivity index is 1.07. The first-order chi connectivity index (χ1) is 28.2. The Morgan fingerprint density at radius 3 is 1.49 bits per heavy atom. The molecule has 0 spiro atoms. The third kappa shape index (κ3) is 6.00. The lowest BCUT2D eigenvalue weighted by atomic mass is 9.92. The summed E-state index contributed by atoms with van der Waals surface area (Å²) >= 11 is 3.73. The zero-order valence-electron chi connectivity index (χ0n) is 31.0. The van der Waals surface area contributed by atoms with Gasteiger partial charge in [-0.2, -0.15) is 0 Å². The lowest BCUT2D eigenvalue weighted by Gasteiger charge is -2.27. The van der Waals surface area contributed by atoms with E-state index in [2.05, 4.69) is 217 Å². The Bertz CT molecular complexity index is 3210. The second-order valence-corrected chi connectivity index (χ2v) is 16.6. The number of hydrogen-bond donors (Lipinski definition) is 0. The van der Waals surface area contributed by atoms with E-state index >= 15 is 0 Å². The van der Waals surface area contributed by atoms with Crippen molar-refractivity contribution in [1.82, 2.24) is 0 Å². The summed E-state index contributed by atoms with van der Waals surface area (Å²) in [5.41, 5.74) is 13.1. The Morgan fingerprint density at radius 1 is 0.281 bits per heavy atom. The fourth-order valence-electron chi connectivity index (χ4n) is 8.30. The van der Waals surface area contributed by atoms with E-state index in [0.717, 1.165) is 11.4 Å². The molecule has 0 unspecified atom stereocenters. The molecular formula is C54H35NS2. The van der Waals surface area contributed by atoms with E-state index < -0.39 is 0 Å². The summed E-state index contributed by atoms with van der Waals surface area (Å²) in [5.74, 6) is 0. The van der Waals surface area contributed by atoms with Crippen LogP contribution in [0.25, 0.3) is 84.9 Å². The SMILES string of the molecule is c1ccc(-c2ccc(-c3ccc(N(c4ccc(-c5ccc6sc7ccccc7c6c5)c(-c5ccccc5)c4)c4cccc5c4sc4ccccc45)cc3)cc2)cc1. The van der Waals surface area contributed by atoms with Gasteiger partial charge in [0.15, 0.2) is 0 Å². The molecule has 0 aliphatic rings. The van der Waals surface area contributed by atoms with Crippen molar-refractivity contribution >= 4 is 80.1 Å². The molecule has 2 aromatic heterocycles. The molecule has 0 fully saturated rings. The first kappa shape index (κ1) is 33.5. The Hall–Kier alpha value is -6.78. The minimum absolute atomic E-state index is 1.11. The van der Waals surface area contributed by atoms with Crippen LogP contribution in [0.15, 0.2) is 212 Å². The van der Waals surface area contributed by atoms with Gasteiger partial charge in [-0.15, -0.1) is 22.7 Å². The van der Waals surface area contributed by atoms with E-state index in [1.54, 1.807) is 0 Å². The minimum atomic E-state index is 1.11. The van der Waals surface area contributed by atoms with Crippen LogP contribution in [0.5, 0.6) is 0 Å². The molecule has 2 heterocycles. The lowest BCUT2D eigenvalue weighted by Crippen LogP contribution is -2.10. The van der Waals surface area contributed by atoms with Gasteiger partial charge in [0.2, 0.25) is 0 Å². The molecule has 0 N–H and O–H groups in total. The van der Waals surface area contributed by atoms with Crippen LogP contribution in [0.1, 0.15) is 0 Å². The van der Waals surface area contributed by atoms with Crippen LogP contribution in [0.2, 0.25) is 0 Å². The second kappa shape index (κ2) is 14.1. The molecule has 11 rings (SSSR count). The standard InChI is InChI=1S/C54H35NS2/c1-3-12-36(13-4-1)37-22-24-38(25-23-37)39-26-29-42(30-27-39)55(50-19-11-18-47-45-16-7-10-21-52(45)57-54(47)50)43-31-32-44(48(35-43)40-14-5-2-6-15-40)41-28-33-53-49(34-41)46-17-8-9-20-51(46)56-53/h1-35H. The van der Waals surface area contributed by atoms with Crippen molar-refractivity contribution < 1.29 is 0 Å². The molecule has 0 amide bonds. The van der Waals surface area contributed by atoms with Crippen LogP contribution in [0.3, 0.4) is 0 Å². The largest absolute Gasteiger partial charge is 0.309 e. The zero-order valence-corrected chi connectivity index (χ0v) is 32.6. The van der Waals surface area contributed by atoms with Gasteiger partial charge in [-0.1, -0.05) is 158 Å². The van der Waals surface area contributed by atoms with Gasteiger partial charge in [-0.25, -0.2) is 0 Å². The molecule has 0 atom stereocenters. The number of hydrogen-bond acceptors (Lipinski definition) is 3. The van der Waals surface area contributed by atoms with Crippen LogP contribution in [-0.2, 0) is 0 Å². The van der Waals surface area contributed by atoms with Crippen molar-refractivity contribution in [2.45, 2.75) is 0 Å². The average Bonchev–Trinajstić information content (AvgIpc) is 3.86. The molecule has 0 aliphatic carbocycles. The maximum absolute atomic E-state index is 2.45. The third-order valence-corrected chi connectivity index (χ3v) is 13.5. The number of thiophene rings is 2. The molecule has 0 saturated carbocycles. The summed E-state index contributed by atoms with van der Waals surface area (Å²) in [4.78, 5) is 2.45. The van der Waals surface area contributed by atoms with Gasteiger partial charge in [0.25, 0.3) is 0 Å². The number of nitrogens with zero attached hydrogens (tertiary/aromatic N) is 1. The minimum Gasteiger partial charge on any atom is -0.309 e. The van der Waals surface area contributed by atoms with E-state index in [4.69, 9.17) is 0 Å². The highest BCUT2D eigenvalue weighted by Gasteiger charge is 2.20. The summed E-state index contributed by atoms with van der Waals surface area (Å²) < 4.78 is 5.21. The molecule has 0 bridgehead atoms. The molecule has 268 valence electrons. The molecule has 0 aliphatic heterocycles. The predicted molar refractivity (Wildman–Crippen MR) is 249 cm³/mol. The maximum atomic E-state index is 2.45. The highest BCUT2D eigenvalue weighted by atomic mass is 32.1. The Labute approximate surface area is 340 Å². The van der Waals surface area contributed by atoms with Gasteiger partial charge in [0, 0.05) is 47.0 Å². The van der Waals surface area contributed by atoms with Crippen molar-refractivity contribution in [3.05, 3.63) is 212 Å². The van der Waals surface area contributed by atoms with Crippen LogP contribution in [0.4, 0.5) is 17.1 Å². The van der Waals surface area contributed by atoms with Gasteiger partial charge in [-0.3, -0.25) is 0 Å². The van der Waals surface area contributed by atoms with Crippen molar-refractivity contribution in [1.29, 1.82) is 0 Å². The Kier molecular flexibility index (Phi) is 8.28. The molecular weight excluding hydrogens is 727 g/mol. The summed E-state index contributed by atoms with van der Waals surface area (Å²) in [7, 11) is 0. The zero-order chi connectivity index (χ0) is 37.7. The van der Waals surface area contributed by atoms with Gasteiger partial charge >= 0.3 is 0 Å². The van der Waals surface area contributed by atoms with Gasteiger partial charge in [-0.05, 0) is 99.1 Å². The summed E-state index contributed by atoms with van der Waals surface area (Å²) in [6, 6.07) is 77.7. The smallest absolute Gasteiger partial charge is 0.0640 e. The molecule has 11 aromatic rings. The van der Waals surface area contributed by atoms with Gasteiger partial charge in [0.1, 0.15) is 0 Å². The van der Waals surface area contributed by atoms with Crippen LogP contribution < -0.4 is 4.90 Å². The molecule has 9 aromatic carbocycles. The molecule has 3 heteroatoms. The van der Waals surface area contributed by atoms with E-state index in [-0.39, 0.29) is 0 Å². The average molecular weight is 762 g/mol.